The third-order valence-electron chi connectivity index (χ3n) is 6.44. The number of halogens is 6. The van der Waals surface area contributed by atoms with Gasteiger partial charge in [0.1, 0.15) is 16.8 Å². The van der Waals surface area contributed by atoms with Gasteiger partial charge in [0.25, 0.3) is 0 Å². The second kappa shape index (κ2) is 13.2. The minimum atomic E-state index is -5.08. The number of imidazole rings is 1. The number of sulfonamides is 2. The highest BCUT2D eigenvalue weighted by atomic mass is 32.2. The zero-order valence-electron chi connectivity index (χ0n) is 23.3. The molecule has 0 aliphatic carbocycles. The first kappa shape index (κ1) is 35.2. The van der Waals surface area contributed by atoms with Gasteiger partial charge in [0.05, 0.1) is 28.4 Å². The average molecular weight is 709 g/mol. The number of hydrogen-bond donors (Lipinski definition) is 4. The molecule has 1 unspecified atom stereocenters. The van der Waals surface area contributed by atoms with Gasteiger partial charge in [-0.1, -0.05) is 36.4 Å². The second-order valence-corrected chi connectivity index (χ2v) is 13.4. The molecular weight excluding hydrogens is 686 g/mol. The minimum Gasteiger partial charge on any atom is -0.475 e. The number of H-pyrrole nitrogens is 1. The molecule has 1 aromatic heterocycles. The number of aromatic nitrogens is 2. The molecule has 47 heavy (non-hydrogen) atoms. The number of rotatable bonds is 8. The third-order valence-corrected chi connectivity index (χ3v) is 9.63. The Hall–Kier alpha value is -4.69. The van der Waals surface area contributed by atoms with Crippen molar-refractivity contribution in [2.24, 2.45) is 0 Å². The van der Waals surface area contributed by atoms with E-state index in [1.807, 2.05) is 4.72 Å². The molecule has 252 valence electrons. The van der Waals surface area contributed by atoms with E-state index in [1.54, 1.807) is 48.5 Å². The van der Waals surface area contributed by atoms with Crippen LogP contribution in [0.2, 0.25) is 0 Å². The van der Waals surface area contributed by atoms with Crippen LogP contribution in [-0.2, 0) is 36.1 Å². The van der Waals surface area contributed by atoms with E-state index in [0.717, 1.165) is 24.3 Å². The van der Waals surface area contributed by atoms with Crippen molar-refractivity contribution in [1.82, 2.24) is 19.4 Å². The lowest BCUT2D eigenvalue weighted by molar-refractivity contribution is -0.274. The molecule has 12 nitrogen and oxygen atoms in total. The van der Waals surface area contributed by atoms with Gasteiger partial charge >= 0.3 is 18.5 Å². The van der Waals surface area contributed by atoms with Gasteiger partial charge in [-0.15, -0.1) is 13.2 Å². The summed E-state index contributed by atoms with van der Waals surface area (Å²) in [7, 11) is -8.07. The molecule has 3 aromatic carbocycles. The van der Waals surface area contributed by atoms with E-state index in [4.69, 9.17) is 9.90 Å². The summed E-state index contributed by atoms with van der Waals surface area (Å²) >= 11 is 0. The van der Waals surface area contributed by atoms with Crippen LogP contribution in [0.15, 0.2) is 77.7 Å². The highest BCUT2D eigenvalue weighted by Crippen LogP contribution is 2.31. The summed E-state index contributed by atoms with van der Waals surface area (Å²) in [5.41, 5.74) is 2.29. The lowest BCUT2D eigenvalue weighted by Gasteiger charge is -2.18. The van der Waals surface area contributed by atoms with Gasteiger partial charge in [0, 0.05) is 0 Å². The second-order valence-electron chi connectivity index (χ2n) is 9.84. The largest absolute Gasteiger partial charge is 0.573 e. The molecule has 2 heterocycles. The van der Waals surface area contributed by atoms with E-state index < -0.39 is 61.5 Å². The molecule has 1 aliphatic rings. The standard InChI is InChI=1S/C25H21F3N4O6S2.C2HF3O2/c26-25(27,28)38-17-9-11-18(12-10-17)39(34,35)31-21(24-29-19-3-1-2-4-20(19)30-24)13-15-5-7-16(8-6-15)22-14-23(33)32-40(22,36)37;3-2(4,5)1(6)7/h1-12,21-22,31H,13-14H2,(H,29,30)(H,32,33);(H,6,7)/t21-,22?;/m0./s1. The first-order valence-electron chi connectivity index (χ1n) is 13.0. The zero-order chi connectivity index (χ0) is 34.8. The molecule has 0 radical (unpaired) electrons. The topological polar surface area (TPSA) is 185 Å². The lowest BCUT2D eigenvalue weighted by atomic mass is 10.0. The van der Waals surface area contributed by atoms with Crippen molar-refractivity contribution in [2.75, 3.05) is 0 Å². The molecule has 4 aromatic rings. The van der Waals surface area contributed by atoms with Gasteiger partial charge in [0.15, 0.2) is 0 Å². The SMILES string of the molecule is O=C(O)C(F)(F)F.O=C1CC(c2ccc(C[C@H](NS(=O)(=O)c3ccc(OC(F)(F)F)cc3)c3nc4ccccc4[nH]3)cc2)S(=O)(=O)N1. The number of nitrogens with one attached hydrogen (secondary N) is 3. The molecular formula is C27H22F6N4O8S2. The smallest absolute Gasteiger partial charge is 0.475 e. The first-order chi connectivity index (χ1) is 21.7. The Morgan fingerprint density at radius 2 is 1.60 bits per heavy atom. The van der Waals surface area contributed by atoms with Gasteiger partial charge in [-0.05, 0) is 53.9 Å². The fourth-order valence-electron chi connectivity index (χ4n) is 4.36. The summed E-state index contributed by atoms with van der Waals surface area (Å²) < 4.78 is 128. The molecule has 5 rings (SSSR count). The van der Waals surface area contributed by atoms with Crippen LogP contribution < -0.4 is 14.2 Å². The van der Waals surface area contributed by atoms with Crippen LogP contribution in [0.3, 0.4) is 0 Å². The van der Waals surface area contributed by atoms with Gasteiger partial charge in [-0.25, -0.2) is 31.3 Å². The number of carboxylic acids is 1. The predicted molar refractivity (Wildman–Crippen MR) is 151 cm³/mol. The van der Waals surface area contributed by atoms with Crippen molar-refractivity contribution in [2.45, 2.75) is 41.6 Å². The number of carboxylic acid groups (broad SMARTS) is 1. The number of hydrogen-bond acceptors (Lipinski definition) is 8. The molecule has 1 aliphatic heterocycles. The van der Waals surface area contributed by atoms with Crippen LogP contribution in [0.5, 0.6) is 5.75 Å². The molecule has 4 N–H and O–H groups in total. The highest BCUT2D eigenvalue weighted by Gasteiger charge is 2.39. The van der Waals surface area contributed by atoms with Crippen LogP contribution >= 0.6 is 0 Å². The number of aliphatic carboxylic acids is 1. The highest BCUT2D eigenvalue weighted by molar-refractivity contribution is 7.90. The van der Waals surface area contributed by atoms with Gasteiger partial charge < -0.3 is 14.8 Å². The maximum atomic E-state index is 13.2. The van der Waals surface area contributed by atoms with E-state index in [-0.39, 0.29) is 17.7 Å². The fraction of sp³-hybridized carbons (Fsp3) is 0.222. The Kier molecular flexibility index (Phi) is 9.88. The maximum absolute atomic E-state index is 13.2. The van der Waals surface area contributed by atoms with Gasteiger partial charge in [-0.2, -0.15) is 13.2 Å². The van der Waals surface area contributed by atoms with Crippen molar-refractivity contribution < 1.29 is 62.6 Å². The molecule has 1 amide bonds. The van der Waals surface area contributed by atoms with E-state index in [9.17, 15) is 48.0 Å². The molecule has 2 atom stereocenters. The van der Waals surface area contributed by atoms with Crippen molar-refractivity contribution in [1.29, 1.82) is 0 Å². The summed E-state index contributed by atoms with van der Waals surface area (Å²) in [6.07, 6.45) is -10.1. The van der Waals surface area contributed by atoms with Crippen molar-refractivity contribution >= 4 is 43.0 Å². The Labute approximate surface area is 261 Å². The molecule has 20 heteroatoms. The predicted octanol–water partition coefficient (Wildman–Crippen LogP) is 4.25. The number of carbonyl (C=O) groups excluding carboxylic acids is 1. The maximum Gasteiger partial charge on any atom is 0.573 e. The minimum absolute atomic E-state index is 0.0865. The number of aromatic amines is 1. The lowest BCUT2D eigenvalue weighted by Crippen LogP contribution is -2.31. The van der Waals surface area contributed by atoms with Crippen molar-refractivity contribution in [3.05, 3.63) is 89.7 Å². The average Bonchev–Trinajstić information content (AvgIpc) is 3.51. The number of alkyl halides is 6. The molecule has 1 saturated heterocycles. The summed E-state index contributed by atoms with van der Waals surface area (Å²) in [6, 6.07) is 16.3. The monoisotopic (exact) mass is 708 g/mol. The van der Waals surface area contributed by atoms with Crippen LogP contribution in [0, 0.1) is 0 Å². The zero-order valence-corrected chi connectivity index (χ0v) is 25.0. The van der Waals surface area contributed by atoms with Crippen LogP contribution in [0.1, 0.15) is 34.7 Å². The van der Waals surface area contributed by atoms with Crippen molar-refractivity contribution in [3.63, 3.8) is 0 Å². The number of ether oxygens (including phenoxy) is 1. The van der Waals surface area contributed by atoms with Crippen molar-refractivity contribution in [3.8, 4) is 5.75 Å². The fourth-order valence-corrected chi connectivity index (χ4v) is 6.99. The van der Waals surface area contributed by atoms with Gasteiger partial charge in [0.2, 0.25) is 26.0 Å². The summed E-state index contributed by atoms with van der Waals surface area (Å²) in [6.45, 7) is 0. The first-order valence-corrected chi connectivity index (χ1v) is 16.0. The van der Waals surface area contributed by atoms with E-state index in [1.165, 1.54) is 0 Å². The molecule has 0 saturated carbocycles. The molecule has 1 fully saturated rings. The quantitative estimate of drug-likeness (QED) is 0.194. The van der Waals surface area contributed by atoms with Crippen LogP contribution in [0.4, 0.5) is 26.3 Å². The summed E-state index contributed by atoms with van der Waals surface area (Å²) in [4.78, 5) is 27.8. The Bertz CT molecular complexity index is 1950. The Balaban J connectivity index is 0.000000644. The number of benzene rings is 3. The number of para-hydroxylation sites is 2. The van der Waals surface area contributed by atoms with Crippen LogP contribution in [0.25, 0.3) is 11.0 Å². The van der Waals surface area contributed by atoms with Crippen LogP contribution in [-0.4, -0.2) is 56.3 Å². The van der Waals surface area contributed by atoms with E-state index in [2.05, 4.69) is 19.4 Å². The number of carbonyl (C=O) groups is 2. The number of amides is 1. The summed E-state index contributed by atoms with van der Waals surface area (Å²) in [5, 5.41) is 6.10. The number of nitrogens with zero attached hydrogens (tertiary/aromatic N) is 1. The molecule has 0 bridgehead atoms. The normalized spacial score (nSPS) is 17.0. The Morgan fingerprint density at radius 3 is 2.11 bits per heavy atom. The van der Waals surface area contributed by atoms with E-state index >= 15 is 0 Å². The Morgan fingerprint density at radius 1 is 1.00 bits per heavy atom. The third kappa shape index (κ3) is 9.20. The van der Waals surface area contributed by atoms with E-state index in [0.29, 0.717) is 28.0 Å². The number of fused-ring (bicyclic) bond motifs is 1. The summed E-state index contributed by atoms with van der Waals surface area (Å²) in [5.74, 6) is -3.63. The van der Waals surface area contributed by atoms with Gasteiger partial charge in [-0.3, -0.25) is 9.52 Å². The molecule has 0 spiro atoms.